The van der Waals surface area contributed by atoms with E-state index in [1.54, 1.807) is 27.6 Å². The highest BCUT2D eigenvalue weighted by atomic mass is 32.1. The van der Waals surface area contributed by atoms with Gasteiger partial charge >= 0.3 is 0 Å². The predicted octanol–water partition coefficient (Wildman–Crippen LogP) is 3.23. The van der Waals surface area contributed by atoms with Gasteiger partial charge < -0.3 is 4.90 Å². The average Bonchev–Trinajstić information content (AvgIpc) is 3.16. The van der Waals surface area contributed by atoms with Crippen molar-refractivity contribution in [3.8, 4) is 0 Å². The Bertz CT molecular complexity index is 846. The molecule has 0 unspecified atom stereocenters. The van der Waals surface area contributed by atoms with Crippen LogP contribution in [0.3, 0.4) is 0 Å². The molecule has 0 bridgehead atoms. The molecule has 0 aliphatic carbocycles. The van der Waals surface area contributed by atoms with E-state index in [4.69, 9.17) is 0 Å². The van der Waals surface area contributed by atoms with Crippen molar-refractivity contribution in [2.24, 2.45) is 0 Å². The van der Waals surface area contributed by atoms with Gasteiger partial charge in [0, 0.05) is 23.5 Å². The maximum Gasteiger partial charge on any atom is 0.228 e. The van der Waals surface area contributed by atoms with E-state index < -0.39 is 0 Å². The number of fused-ring (bicyclic) bond motifs is 1. The molecule has 3 rings (SSSR count). The summed E-state index contributed by atoms with van der Waals surface area (Å²) >= 11 is 3.29. The lowest BCUT2D eigenvalue weighted by atomic mass is 10.2. The average molecular weight is 348 g/mol. The van der Waals surface area contributed by atoms with E-state index in [-0.39, 0.29) is 5.91 Å². The standard InChI is InChI=1S/C16H20N4OS2/c1-5-14-18-12(9-22-14)6-15(21)19(4)8-13-11(3)17-16-20(13)7-10(2)23-16/h7,9H,5-6,8H2,1-4H3. The third-order valence-electron chi connectivity index (χ3n) is 3.79. The van der Waals surface area contributed by atoms with Crippen LogP contribution in [-0.4, -0.2) is 32.2 Å². The van der Waals surface area contributed by atoms with Gasteiger partial charge in [-0.1, -0.05) is 6.92 Å². The number of likely N-dealkylation sites (N-methyl/N-ethyl adjacent to an activating group) is 1. The summed E-state index contributed by atoms with van der Waals surface area (Å²) in [6.07, 6.45) is 3.36. The minimum absolute atomic E-state index is 0.0826. The Balaban J connectivity index is 1.73. The molecule has 0 aliphatic rings. The lowest BCUT2D eigenvalue weighted by Crippen LogP contribution is -2.28. The van der Waals surface area contributed by atoms with Crippen LogP contribution in [0, 0.1) is 13.8 Å². The Morgan fingerprint density at radius 1 is 1.35 bits per heavy atom. The largest absolute Gasteiger partial charge is 0.340 e. The molecule has 0 aromatic carbocycles. The van der Waals surface area contributed by atoms with Gasteiger partial charge in [-0.15, -0.1) is 22.7 Å². The summed E-state index contributed by atoms with van der Waals surface area (Å²) in [7, 11) is 1.84. The Hall–Kier alpha value is -1.73. The zero-order valence-electron chi connectivity index (χ0n) is 13.8. The Kier molecular flexibility index (Phi) is 4.50. The molecule has 23 heavy (non-hydrogen) atoms. The third kappa shape index (κ3) is 3.30. The van der Waals surface area contributed by atoms with E-state index in [1.165, 1.54) is 4.88 Å². The summed E-state index contributed by atoms with van der Waals surface area (Å²) in [6.45, 7) is 6.71. The van der Waals surface area contributed by atoms with Crippen LogP contribution in [0.5, 0.6) is 0 Å². The zero-order valence-corrected chi connectivity index (χ0v) is 15.4. The van der Waals surface area contributed by atoms with Crippen LogP contribution in [0.4, 0.5) is 0 Å². The summed E-state index contributed by atoms with van der Waals surface area (Å²) < 4.78 is 2.09. The number of aromatic nitrogens is 3. The van der Waals surface area contributed by atoms with Crippen LogP contribution in [0.2, 0.25) is 0 Å². The maximum atomic E-state index is 12.5. The molecule has 0 spiro atoms. The molecule has 122 valence electrons. The molecule has 0 saturated heterocycles. The van der Waals surface area contributed by atoms with Gasteiger partial charge in [0.15, 0.2) is 4.96 Å². The quantitative estimate of drug-likeness (QED) is 0.711. The highest BCUT2D eigenvalue weighted by Crippen LogP contribution is 2.21. The van der Waals surface area contributed by atoms with Gasteiger partial charge in [-0.3, -0.25) is 9.20 Å². The van der Waals surface area contributed by atoms with Crippen LogP contribution < -0.4 is 0 Å². The van der Waals surface area contributed by atoms with E-state index in [9.17, 15) is 4.79 Å². The maximum absolute atomic E-state index is 12.5. The van der Waals surface area contributed by atoms with Crippen LogP contribution in [0.25, 0.3) is 4.96 Å². The van der Waals surface area contributed by atoms with Gasteiger partial charge in [-0.2, -0.15) is 0 Å². The Morgan fingerprint density at radius 3 is 2.83 bits per heavy atom. The van der Waals surface area contributed by atoms with Gasteiger partial charge in [0.1, 0.15) is 0 Å². The van der Waals surface area contributed by atoms with Gasteiger partial charge in [0.05, 0.1) is 35.1 Å². The molecule has 3 aromatic rings. The van der Waals surface area contributed by atoms with Gasteiger partial charge in [-0.05, 0) is 20.3 Å². The number of hydrogen-bond acceptors (Lipinski definition) is 5. The SMILES string of the molecule is CCc1nc(CC(=O)N(C)Cc2c(C)nc3sc(C)cn23)cs1. The molecule has 3 heterocycles. The second-order valence-electron chi connectivity index (χ2n) is 5.65. The first-order chi connectivity index (χ1) is 11.0. The lowest BCUT2D eigenvalue weighted by molar-refractivity contribution is -0.129. The predicted molar refractivity (Wildman–Crippen MR) is 94.2 cm³/mol. The van der Waals surface area contributed by atoms with E-state index >= 15 is 0 Å². The van der Waals surface area contributed by atoms with Crippen LogP contribution in [0.15, 0.2) is 11.6 Å². The highest BCUT2D eigenvalue weighted by Gasteiger charge is 2.17. The fraction of sp³-hybridized carbons (Fsp3) is 0.438. The number of aryl methyl sites for hydroxylation is 3. The molecule has 0 saturated carbocycles. The summed E-state index contributed by atoms with van der Waals surface area (Å²) in [6, 6.07) is 0. The number of hydrogen-bond donors (Lipinski definition) is 0. The van der Waals surface area contributed by atoms with E-state index in [0.717, 1.165) is 33.5 Å². The highest BCUT2D eigenvalue weighted by molar-refractivity contribution is 7.17. The van der Waals surface area contributed by atoms with Crippen molar-refractivity contribution in [3.63, 3.8) is 0 Å². The first-order valence-corrected chi connectivity index (χ1v) is 9.28. The number of rotatable bonds is 5. The minimum atomic E-state index is 0.0826. The molecular weight excluding hydrogens is 328 g/mol. The monoisotopic (exact) mass is 348 g/mol. The first kappa shape index (κ1) is 16.1. The van der Waals surface area contributed by atoms with Gasteiger partial charge in [-0.25, -0.2) is 9.97 Å². The fourth-order valence-corrected chi connectivity index (χ4v) is 4.13. The molecule has 5 nitrogen and oxygen atoms in total. The molecular formula is C16H20N4OS2. The van der Waals surface area contributed by atoms with Crippen molar-refractivity contribution >= 4 is 33.5 Å². The Labute approximate surface area is 143 Å². The summed E-state index contributed by atoms with van der Waals surface area (Å²) in [4.78, 5) is 25.5. The number of imidazole rings is 1. The second-order valence-corrected chi connectivity index (χ2v) is 7.81. The fourth-order valence-electron chi connectivity index (χ4n) is 2.49. The van der Waals surface area contributed by atoms with E-state index in [0.29, 0.717) is 13.0 Å². The topological polar surface area (TPSA) is 50.5 Å². The van der Waals surface area contributed by atoms with Crippen molar-refractivity contribution in [1.82, 2.24) is 19.3 Å². The number of amides is 1. The molecule has 1 amide bonds. The first-order valence-electron chi connectivity index (χ1n) is 7.59. The number of nitrogens with zero attached hydrogens (tertiary/aromatic N) is 4. The number of carbonyl (C=O) groups is 1. The van der Waals surface area contributed by atoms with E-state index in [1.807, 2.05) is 19.4 Å². The molecule has 0 radical (unpaired) electrons. The third-order valence-corrected chi connectivity index (χ3v) is 5.73. The molecule has 0 atom stereocenters. The normalized spacial score (nSPS) is 11.3. The van der Waals surface area contributed by atoms with Gasteiger partial charge in [0.2, 0.25) is 5.91 Å². The van der Waals surface area contributed by atoms with Crippen LogP contribution in [-0.2, 0) is 24.2 Å². The molecule has 3 aromatic heterocycles. The van der Waals surface area contributed by atoms with E-state index in [2.05, 4.69) is 34.4 Å². The van der Waals surface area contributed by atoms with Crippen molar-refractivity contribution < 1.29 is 4.79 Å². The smallest absolute Gasteiger partial charge is 0.228 e. The number of thiazole rings is 2. The summed E-state index contributed by atoms with van der Waals surface area (Å²) in [5, 5.41) is 3.06. The second kappa shape index (κ2) is 6.41. The molecule has 0 fully saturated rings. The zero-order chi connectivity index (χ0) is 16.6. The van der Waals surface area contributed by atoms with Crippen molar-refractivity contribution in [1.29, 1.82) is 0 Å². The van der Waals surface area contributed by atoms with Crippen LogP contribution in [0.1, 0.15) is 33.9 Å². The van der Waals surface area contributed by atoms with Crippen molar-refractivity contribution in [2.75, 3.05) is 7.05 Å². The minimum Gasteiger partial charge on any atom is -0.340 e. The lowest BCUT2D eigenvalue weighted by Gasteiger charge is -2.16. The van der Waals surface area contributed by atoms with Crippen molar-refractivity contribution in [3.05, 3.63) is 38.5 Å². The number of carbonyl (C=O) groups excluding carboxylic acids is 1. The summed E-state index contributed by atoms with van der Waals surface area (Å²) in [5.41, 5.74) is 2.93. The van der Waals surface area contributed by atoms with Crippen LogP contribution >= 0.6 is 22.7 Å². The molecule has 7 heteroatoms. The Morgan fingerprint density at radius 2 is 2.13 bits per heavy atom. The van der Waals surface area contributed by atoms with Gasteiger partial charge in [0.25, 0.3) is 0 Å². The molecule has 0 N–H and O–H groups in total. The summed E-state index contributed by atoms with van der Waals surface area (Å²) in [5.74, 6) is 0.0826. The van der Waals surface area contributed by atoms with Crippen molar-refractivity contribution in [2.45, 2.75) is 40.2 Å². The molecule has 0 aliphatic heterocycles.